The molecule has 2 N–H and O–H groups in total. The molecule has 0 aromatic carbocycles. The summed E-state index contributed by atoms with van der Waals surface area (Å²) < 4.78 is 5.09. The summed E-state index contributed by atoms with van der Waals surface area (Å²) in [6.45, 7) is 3.75. The van der Waals surface area contributed by atoms with E-state index >= 15 is 0 Å². The Morgan fingerprint density at radius 3 is 2.93 bits per heavy atom. The molecule has 0 amide bonds. The van der Waals surface area contributed by atoms with Crippen molar-refractivity contribution in [2.24, 2.45) is 0 Å². The topological polar surface area (TPSA) is 51.4 Å². The zero-order valence-corrected chi connectivity index (χ0v) is 9.67. The molecular weight excluding hydrogens is 198 g/mol. The Labute approximate surface area is 88.7 Å². The molecule has 0 spiro atoms. The molecular formula is C9H17N3OS. The molecule has 1 atom stereocenters. The van der Waals surface area contributed by atoms with E-state index in [1.807, 2.05) is 6.20 Å². The minimum Gasteiger partial charge on any atom is -0.383 e. The highest BCUT2D eigenvalue weighted by molar-refractivity contribution is 7.15. The van der Waals surface area contributed by atoms with Gasteiger partial charge in [0.15, 0.2) is 5.13 Å². The summed E-state index contributed by atoms with van der Waals surface area (Å²) in [6, 6.07) is 0.406. The number of nitrogen functional groups attached to an aromatic ring is 1. The Bertz CT molecular complexity index is 277. The molecule has 1 unspecified atom stereocenters. The van der Waals surface area contributed by atoms with E-state index in [9.17, 15) is 0 Å². The number of nitrogens with zero attached hydrogens (tertiary/aromatic N) is 2. The monoisotopic (exact) mass is 215 g/mol. The van der Waals surface area contributed by atoms with Crippen molar-refractivity contribution in [3.05, 3.63) is 11.1 Å². The van der Waals surface area contributed by atoms with Crippen LogP contribution in [0.4, 0.5) is 5.13 Å². The summed E-state index contributed by atoms with van der Waals surface area (Å²) in [5.74, 6) is 0. The van der Waals surface area contributed by atoms with E-state index in [2.05, 4.69) is 23.9 Å². The van der Waals surface area contributed by atoms with Gasteiger partial charge in [0.2, 0.25) is 0 Å². The molecule has 1 heterocycles. The molecule has 0 radical (unpaired) electrons. The first-order chi connectivity index (χ1) is 6.63. The van der Waals surface area contributed by atoms with E-state index in [0.29, 0.717) is 11.2 Å². The highest BCUT2D eigenvalue weighted by Crippen LogP contribution is 2.16. The summed E-state index contributed by atoms with van der Waals surface area (Å²) in [5, 5.41) is 0.632. The fourth-order valence-corrected chi connectivity index (χ4v) is 1.91. The Morgan fingerprint density at radius 1 is 1.71 bits per heavy atom. The summed E-state index contributed by atoms with van der Waals surface area (Å²) in [4.78, 5) is 7.42. The molecule has 1 aromatic heterocycles. The molecule has 0 fully saturated rings. The van der Waals surface area contributed by atoms with Gasteiger partial charge in [-0.2, -0.15) is 0 Å². The molecule has 5 heteroatoms. The van der Waals surface area contributed by atoms with E-state index < -0.39 is 0 Å². The summed E-state index contributed by atoms with van der Waals surface area (Å²) in [6.07, 6.45) is 1.83. The number of hydrogen-bond donors (Lipinski definition) is 1. The van der Waals surface area contributed by atoms with Crippen LogP contribution in [0.2, 0.25) is 0 Å². The van der Waals surface area contributed by atoms with Crippen molar-refractivity contribution < 1.29 is 4.74 Å². The maximum atomic E-state index is 5.55. The molecule has 80 valence electrons. The highest BCUT2D eigenvalue weighted by Gasteiger charge is 2.10. The van der Waals surface area contributed by atoms with Gasteiger partial charge in [0, 0.05) is 30.8 Å². The zero-order valence-electron chi connectivity index (χ0n) is 8.86. The van der Waals surface area contributed by atoms with Gasteiger partial charge in [0.1, 0.15) is 0 Å². The first-order valence-corrected chi connectivity index (χ1v) is 5.34. The lowest BCUT2D eigenvalue weighted by Gasteiger charge is -2.22. The van der Waals surface area contributed by atoms with Crippen molar-refractivity contribution in [1.29, 1.82) is 0 Å². The van der Waals surface area contributed by atoms with Crippen LogP contribution in [0.1, 0.15) is 11.8 Å². The third-order valence-corrected chi connectivity index (χ3v) is 2.95. The molecule has 14 heavy (non-hydrogen) atoms. The van der Waals surface area contributed by atoms with Crippen molar-refractivity contribution in [2.45, 2.75) is 19.5 Å². The Balaban J connectivity index is 2.43. The molecule has 0 saturated carbocycles. The fraction of sp³-hybridized carbons (Fsp3) is 0.667. The van der Waals surface area contributed by atoms with Gasteiger partial charge >= 0.3 is 0 Å². The van der Waals surface area contributed by atoms with Crippen LogP contribution in [0.25, 0.3) is 0 Å². The van der Waals surface area contributed by atoms with Crippen molar-refractivity contribution in [1.82, 2.24) is 9.88 Å². The van der Waals surface area contributed by atoms with E-state index in [0.717, 1.165) is 13.2 Å². The molecule has 4 nitrogen and oxygen atoms in total. The number of methoxy groups -OCH3 is 1. The second kappa shape index (κ2) is 5.29. The maximum absolute atomic E-state index is 5.55. The lowest BCUT2D eigenvalue weighted by Crippen LogP contribution is -2.31. The Hall–Kier alpha value is -0.650. The number of nitrogens with two attached hydrogens (primary N) is 1. The van der Waals surface area contributed by atoms with Crippen molar-refractivity contribution >= 4 is 16.5 Å². The van der Waals surface area contributed by atoms with E-state index in [4.69, 9.17) is 10.5 Å². The predicted molar refractivity (Wildman–Crippen MR) is 59.3 cm³/mol. The van der Waals surface area contributed by atoms with Crippen LogP contribution in [-0.4, -0.2) is 36.7 Å². The summed E-state index contributed by atoms with van der Waals surface area (Å²) in [5.41, 5.74) is 5.55. The number of likely N-dealkylation sites (N-methyl/N-ethyl adjacent to an activating group) is 1. The third-order valence-electron chi connectivity index (χ3n) is 2.14. The van der Waals surface area contributed by atoms with E-state index in [-0.39, 0.29) is 0 Å². The first kappa shape index (κ1) is 11.4. The van der Waals surface area contributed by atoms with Crippen LogP contribution in [0.15, 0.2) is 6.20 Å². The van der Waals surface area contributed by atoms with Crippen molar-refractivity contribution in [3.8, 4) is 0 Å². The van der Waals surface area contributed by atoms with Crippen LogP contribution in [0.3, 0.4) is 0 Å². The Kier molecular flexibility index (Phi) is 4.31. The van der Waals surface area contributed by atoms with Gasteiger partial charge in [0.25, 0.3) is 0 Å². The second-order valence-corrected chi connectivity index (χ2v) is 4.53. The molecule has 1 aromatic rings. The van der Waals surface area contributed by atoms with Gasteiger partial charge in [-0.1, -0.05) is 0 Å². The summed E-state index contributed by atoms with van der Waals surface area (Å²) >= 11 is 1.54. The second-order valence-electron chi connectivity index (χ2n) is 3.38. The molecule has 0 aliphatic heterocycles. The minimum atomic E-state index is 0.406. The standard InChI is InChI=1S/C9H17N3OS/c1-7(6-13-3)12(2)5-8-4-11-9(10)14-8/h4,7H,5-6H2,1-3H3,(H2,10,11). The van der Waals surface area contributed by atoms with Crippen molar-refractivity contribution in [3.63, 3.8) is 0 Å². The number of aromatic nitrogens is 1. The average molecular weight is 215 g/mol. The predicted octanol–water partition coefficient (Wildman–Crippen LogP) is 1.19. The van der Waals surface area contributed by atoms with Crippen LogP contribution < -0.4 is 5.73 Å². The maximum Gasteiger partial charge on any atom is 0.180 e. The van der Waals surface area contributed by atoms with Crippen LogP contribution in [0.5, 0.6) is 0 Å². The molecule has 0 aliphatic rings. The van der Waals surface area contributed by atoms with Gasteiger partial charge in [-0.25, -0.2) is 4.98 Å². The molecule has 0 aliphatic carbocycles. The molecule has 1 rings (SSSR count). The fourth-order valence-electron chi connectivity index (χ4n) is 1.17. The number of anilines is 1. The quantitative estimate of drug-likeness (QED) is 0.801. The normalized spacial score (nSPS) is 13.4. The summed E-state index contributed by atoms with van der Waals surface area (Å²) in [7, 11) is 3.79. The SMILES string of the molecule is COCC(C)N(C)Cc1cnc(N)s1. The third kappa shape index (κ3) is 3.25. The largest absolute Gasteiger partial charge is 0.383 e. The first-order valence-electron chi connectivity index (χ1n) is 4.53. The van der Waals surface area contributed by atoms with Gasteiger partial charge in [-0.05, 0) is 14.0 Å². The lowest BCUT2D eigenvalue weighted by molar-refractivity contribution is 0.112. The number of thiazole rings is 1. The van der Waals surface area contributed by atoms with Gasteiger partial charge in [0.05, 0.1) is 6.61 Å². The van der Waals surface area contributed by atoms with Gasteiger partial charge in [-0.15, -0.1) is 11.3 Å². The van der Waals surface area contributed by atoms with Gasteiger partial charge in [-0.3, -0.25) is 4.90 Å². The van der Waals surface area contributed by atoms with Crippen LogP contribution in [-0.2, 0) is 11.3 Å². The molecule has 0 saturated heterocycles. The van der Waals surface area contributed by atoms with E-state index in [1.165, 1.54) is 16.2 Å². The van der Waals surface area contributed by atoms with Crippen molar-refractivity contribution in [2.75, 3.05) is 26.5 Å². The lowest BCUT2D eigenvalue weighted by atomic mass is 10.3. The number of hydrogen-bond acceptors (Lipinski definition) is 5. The Morgan fingerprint density at radius 2 is 2.43 bits per heavy atom. The van der Waals surface area contributed by atoms with E-state index in [1.54, 1.807) is 7.11 Å². The smallest absolute Gasteiger partial charge is 0.180 e. The number of ether oxygens (including phenoxy) is 1. The highest BCUT2D eigenvalue weighted by atomic mass is 32.1. The number of rotatable bonds is 5. The van der Waals surface area contributed by atoms with Crippen LogP contribution >= 0.6 is 11.3 Å². The average Bonchev–Trinajstić information content (AvgIpc) is 2.51. The zero-order chi connectivity index (χ0) is 10.6. The van der Waals surface area contributed by atoms with Gasteiger partial charge < -0.3 is 10.5 Å². The van der Waals surface area contributed by atoms with Crippen LogP contribution in [0, 0.1) is 0 Å². The molecule has 0 bridgehead atoms. The minimum absolute atomic E-state index is 0.406.